The van der Waals surface area contributed by atoms with Crippen LogP contribution in [0.4, 0.5) is 0 Å². The van der Waals surface area contributed by atoms with Crippen molar-refractivity contribution in [3.05, 3.63) is 29.1 Å². The van der Waals surface area contributed by atoms with E-state index in [1.165, 1.54) is 0 Å². The summed E-state index contributed by atoms with van der Waals surface area (Å²) in [6.07, 6.45) is 0. The smallest absolute Gasteiger partial charge is 0.126 e. The van der Waals surface area contributed by atoms with Crippen LogP contribution in [0.25, 0.3) is 0 Å². The first-order valence-electron chi connectivity index (χ1n) is 4.78. The van der Waals surface area contributed by atoms with Crippen molar-refractivity contribution >= 4 is 5.84 Å². The third kappa shape index (κ3) is 2.83. The number of amidine groups is 1. The molecule has 2 N–H and O–H groups in total. The molecule has 0 atom stereocenters. The van der Waals surface area contributed by atoms with Gasteiger partial charge >= 0.3 is 0 Å². The molecule has 0 aliphatic heterocycles. The molecule has 0 bridgehead atoms. The van der Waals surface area contributed by atoms with Gasteiger partial charge in [-0.1, -0.05) is 0 Å². The van der Waals surface area contributed by atoms with Crippen molar-refractivity contribution in [2.45, 2.75) is 33.7 Å². The average Bonchev–Trinajstić information content (AvgIpc) is 2.00. The van der Waals surface area contributed by atoms with Crippen molar-refractivity contribution < 1.29 is 0 Å². The van der Waals surface area contributed by atoms with Crippen molar-refractivity contribution in [2.24, 2.45) is 10.7 Å². The summed E-state index contributed by atoms with van der Waals surface area (Å²) >= 11 is 0. The SMILES string of the molecule is Cc1cc(C(N)=NC(C)C)cc(C)n1. The summed E-state index contributed by atoms with van der Waals surface area (Å²) in [5.41, 5.74) is 8.77. The zero-order chi connectivity index (χ0) is 10.7. The van der Waals surface area contributed by atoms with E-state index < -0.39 is 0 Å². The minimum Gasteiger partial charge on any atom is -0.383 e. The molecule has 1 aromatic heterocycles. The van der Waals surface area contributed by atoms with Crippen LogP contribution in [0, 0.1) is 13.8 Å². The highest BCUT2D eigenvalue weighted by atomic mass is 14.9. The van der Waals surface area contributed by atoms with Crippen LogP contribution in [0.1, 0.15) is 30.8 Å². The number of rotatable bonds is 2. The van der Waals surface area contributed by atoms with Crippen molar-refractivity contribution in [1.82, 2.24) is 4.98 Å². The molecule has 1 heterocycles. The normalized spacial score (nSPS) is 12.2. The third-order valence-electron chi connectivity index (χ3n) is 1.77. The molecule has 0 aliphatic carbocycles. The van der Waals surface area contributed by atoms with Crippen molar-refractivity contribution in [1.29, 1.82) is 0 Å². The third-order valence-corrected chi connectivity index (χ3v) is 1.77. The molecule has 0 saturated carbocycles. The van der Waals surface area contributed by atoms with Crippen LogP contribution in [0.5, 0.6) is 0 Å². The lowest BCUT2D eigenvalue weighted by molar-refractivity contribution is 0.834. The molecule has 1 rings (SSSR count). The molecule has 3 heteroatoms. The fraction of sp³-hybridized carbons (Fsp3) is 0.455. The molecule has 0 radical (unpaired) electrons. The van der Waals surface area contributed by atoms with E-state index >= 15 is 0 Å². The Hall–Kier alpha value is -1.38. The van der Waals surface area contributed by atoms with Crippen molar-refractivity contribution in [3.63, 3.8) is 0 Å². The molecule has 1 aromatic rings. The second-order valence-corrected chi connectivity index (χ2v) is 3.75. The second kappa shape index (κ2) is 4.22. The summed E-state index contributed by atoms with van der Waals surface area (Å²) in [5, 5.41) is 0. The monoisotopic (exact) mass is 191 g/mol. The average molecular weight is 191 g/mol. The number of hydrogen-bond acceptors (Lipinski definition) is 2. The molecule has 0 spiro atoms. The minimum absolute atomic E-state index is 0.226. The molecule has 0 fully saturated rings. The number of nitrogens with zero attached hydrogens (tertiary/aromatic N) is 2. The Labute approximate surface area is 85.1 Å². The maximum absolute atomic E-state index is 5.86. The van der Waals surface area contributed by atoms with Gasteiger partial charge in [-0.3, -0.25) is 9.98 Å². The Morgan fingerprint density at radius 2 is 1.79 bits per heavy atom. The van der Waals surface area contributed by atoms with Crippen LogP contribution < -0.4 is 5.73 Å². The summed E-state index contributed by atoms with van der Waals surface area (Å²) in [6.45, 7) is 7.93. The van der Waals surface area contributed by atoms with Crippen LogP contribution in [0.15, 0.2) is 17.1 Å². The topological polar surface area (TPSA) is 51.3 Å². The van der Waals surface area contributed by atoms with Crippen LogP contribution in [-0.4, -0.2) is 16.9 Å². The van der Waals surface area contributed by atoms with Gasteiger partial charge < -0.3 is 5.73 Å². The minimum atomic E-state index is 0.226. The van der Waals surface area contributed by atoms with Crippen molar-refractivity contribution in [2.75, 3.05) is 0 Å². The number of nitrogens with two attached hydrogens (primary N) is 1. The predicted octanol–water partition coefficient (Wildman–Crippen LogP) is 1.81. The van der Waals surface area contributed by atoms with Crippen LogP contribution >= 0.6 is 0 Å². The second-order valence-electron chi connectivity index (χ2n) is 3.75. The molecule has 14 heavy (non-hydrogen) atoms. The molecular formula is C11H17N3. The van der Waals surface area contributed by atoms with Crippen LogP contribution in [-0.2, 0) is 0 Å². The quantitative estimate of drug-likeness (QED) is 0.572. The van der Waals surface area contributed by atoms with E-state index in [4.69, 9.17) is 5.73 Å². The highest BCUT2D eigenvalue weighted by Crippen LogP contribution is 2.05. The Morgan fingerprint density at radius 1 is 1.29 bits per heavy atom. The standard InChI is InChI=1S/C11H17N3/c1-7(2)13-11(12)10-5-8(3)14-9(4)6-10/h5-7H,1-4H3,(H2,12,13). The molecule has 0 aromatic carbocycles. The van der Waals surface area contributed by atoms with E-state index in [0.29, 0.717) is 5.84 Å². The van der Waals surface area contributed by atoms with E-state index in [-0.39, 0.29) is 6.04 Å². The zero-order valence-electron chi connectivity index (χ0n) is 9.20. The molecule has 0 saturated heterocycles. The summed E-state index contributed by atoms with van der Waals surface area (Å²) < 4.78 is 0. The Kier molecular flexibility index (Phi) is 3.23. The Morgan fingerprint density at radius 3 is 2.21 bits per heavy atom. The molecule has 0 aliphatic rings. The van der Waals surface area contributed by atoms with Crippen LogP contribution in [0.3, 0.4) is 0 Å². The lowest BCUT2D eigenvalue weighted by Crippen LogP contribution is -2.16. The van der Waals surface area contributed by atoms with Gasteiger partial charge in [0, 0.05) is 23.0 Å². The molecule has 76 valence electrons. The fourth-order valence-corrected chi connectivity index (χ4v) is 1.34. The first kappa shape index (κ1) is 10.7. The van der Waals surface area contributed by atoms with E-state index in [2.05, 4.69) is 9.98 Å². The number of hydrogen-bond donors (Lipinski definition) is 1. The van der Waals surface area contributed by atoms with Gasteiger partial charge in [-0.25, -0.2) is 0 Å². The van der Waals surface area contributed by atoms with Crippen molar-refractivity contribution in [3.8, 4) is 0 Å². The lowest BCUT2D eigenvalue weighted by Gasteiger charge is -2.05. The maximum atomic E-state index is 5.86. The van der Waals surface area contributed by atoms with Gasteiger partial charge in [0.1, 0.15) is 5.84 Å². The van der Waals surface area contributed by atoms with Gasteiger partial charge in [0.2, 0.25) is 0 Å². The number of aliphatic imine (C=N–C) groups is 1. The van der Waals surface area contributed by atoms with Gasteiger partial charge in [0.25, 0.3) is 0 Å². The first-order chi connectivity index (χ1) is 6.49. The Bertz CT molecular complexity index is 333. The van der Waals surface area contributed by atoms with E-state index in [1.807, 2.05) is 39.8 Å². The molecule has 0 amide bonds. The predicted molar refractivity (Wildman–Crippen MR) is 59.6 cm³/mol. The Balaban J connectivity index is 3.07. The summed E-state index contributed by atoms with van der Waals surface area (Å²) in [7, 11) is 0. The van der Waals surface area contributed by atoms with Crippen LogP contribution in [0.2, 0.25) is 0 Å². The molecule has 0 unspecified atom stereocenters. The van der Waals surface area contributed by atoms with E-state index in [1.54, 1.807) is 0 Å². The van der Waals surface area contributed by atoms with Gasteiger partial charge in [-0.2, -0.15) is 0 Å². The largest absolute Gasteiger partial charge is 0.383 e. The summed E-state index contributed by atoms with van der Waals surface area (Å²) in [5.74, 6) is 0.591. The number of pyridine rings is 1. The number of aryl methyl sites for hydroxylation is 2. The lowest BCUT2D eigenvalue weighted by atomic mass is 10.2. The van der Waals surface area contributed by atoms with E-state index in [0.717, 1.165) is 17.0 Å². The molecular weight excluding hydrogens is 174 g/mol. The highest BCUT2D eigenvalue weighted by molar-refractivity contribution is 5.97. The maximum Gasteiger partial charge on any atom is 0.126 e. The van der Waals surface area contributed by atoms with Gasteiger partial charge in [0.15, 0.2) is 0 Å². The fourth-order valence-electron chi connectivity index (χ4n) is 1.34. The highest BCUT2D eigenvalue weighted by Gasteiger charge is 2.01. The first-order valence-corrected chi connectivity index (χ1v) is 4.78. The van der Waals surface area contributed by atoms with Gasteiger partial charge in [0.05, 0.1) is 0 Å². The summed E-state index contributed by atoms with van der Waals surface area (Å²) in [6, 6.07) is 4.13. The zero-order valence-corrected chi connectivity index (χ0v) is 9.20. The molecule has 3 nitrogen and oxygen atoms in total. The van der Waals surface area contributed by atoms with E-state index in [9.17, 15) is 0 Å². The van der Waals surface area contributed by atoms with Gasteiger partial charge in [-0.05, 0) is 39.8 Å². The summed E-state index contributed by atoms with van der Waals surface area (Å²) in [4.78, 5) is 8.58. The van der Waals surface area contributed by atoms with Gasteiger partial charge in [-0.15, -0.1) is 0 Å². The number of aromatic nitrogens is 1.